The molecule has 5 fully saturated rings. The molecule has 4 saturated carbocycles. The van der Waals surface area contributed by atoms with Gasteiger partial charge in [0.25, 0.3) is 0 Å². The van der Waals surface area contributed by atoms with Crippen molar-refractivity contribution in [3.8, 4) is 0 Å². The Hall–Kier alpha value is -0.370. The minimum Gasteiger partial charge on any atom is -0.361 e. The van der Waals surface area contributed by atoms with Crippen LogP contribution in [0.4, 0.5) is 0 Å². The number of ether oxygens (including phenoxy) is 1. The third-order valence-electron chi connectivity index (χ3n) is 9.31. The summed E-state index contributed by atoms with van der Waals surface area (Å²) in [7, 11) is 0. The molecule has 1 heterocycles. The van der Waals surface area contributed by atoms with Crippen molar-refractivity contribution < 1.29 is 9.53 Å². The lowest BCUT2D eigenvalue weighted by Crippen LogP contribution is -2.55. The Balaban J connectivity index is 1.70. The molecule has 0 radical (unpaired) electrons. The molecule has 1 aliphatic heterocycles. The Kier molecular flexibility index (Phi) is 2.23. The van der Waals surface area contributed by atoms with Crippen molar-refractivity contribution in [3.05, 3.63) is 0 Å². The maximum atomic E-state index is 13.1. The number of Topliss-reactive ketones (excluding diaryl/α,β-unsaturated/α-hetero) is 1. The third-order valence-corrected chi connectivity index (χ3v) is 9.31. The highest BCUT2D eigenvalue weighted by atomic mass is 16.6. The molecule has 1 spiro atoms. The van der Waals surface area contributed by atoms with E-state index in [1.807, 2.05) is 0 Å². The van der Waals surface area contributed by atoms with Gasteiger partial charge < -0.3 is 4.74 Å². The van der Waals surface area contributed by atoms with Crippen LogP contribution in [0.25, 0.3) is 0 Å². The zero-order valence-corrected chi connectivity index (χ0v) is 14.7. The largest absolute Gasteiger partial charge is 0.361 e. The van der Waals surface area contributed by atoms with Gasteiger partial charge in [-0.1, -0.05) is 34.6 Å². The van der Waals surface area contributed by atoms with Crippen LogP contribution in [-0.4, -0.2) is 18.0 Å². The maximum absolute atomic E-state index is 13.1. The van der Waals surface area contributed by atoms with Gasteiger partial charge in [0.2, 0.25) is 0 Å². The Bertz CT molecular complexity index is 580. The highest BCUT2D eigenvalue weighted by Gasteiger charge is 2.80. The van der Waals surface area contributed by atoms with Gasteiger partial charge in [-0.3, -0.25) is 4.79 Å². The number of hydrogen-bond acceptors (Lipinski definition) is 2. The van der Waals surface area contributed by atoms with Crippen LogP contribution >= 0.6 is 0 Å². The molecule has 2 heteroatoms. The third kappa shape index (κ3) is 1.19. The van der Waals surface area contributed by atoms with Crippen LogP contribution in [0.15, 0.2) is 0 Å². The van der Waals surface area contributed by atoms with Crippen LogP contribution in [-0.2, 0) is 9.53 Å². The first-order chi connectivity index (χ1) is 10.2. The lowest BCUT2D eigenvalue weighted by atomic mass is 9.50. The van der Waals surface area contributed by atoms with Crippen molar-refractivity contribution in [3.63, 3.8) is 0 Å². The summed E-state index contributed by atoms with van der Waals surface area (Å²) < 4.78 is 5.86. The molecule has 8 atom stereocenters. The molecular weight excluding hydrogens is 272 g/mol. The van der Waals surface area contributed by atoms with Gasteiger partial charge in [0.1, 0.15) is 6.10 Å². The van der Waals surface area contributed by atoms with Crippen molar-refractivity contribution in [2.75, 3.05) is 0 Å². The molecule has 2 nitrogen and oxygen atoms in total. The van der Waals surface area contributed by atoms with E-state index in [9.17, 15) is 4.79 Å². The van der Waals surface area contributed by atoms with E-state index in [-0.39, 0.29) is 23.0 Å². The second kappa shape index (κ2) is 3.50. The molecular formula is C20H30O2. The van der Waals surface area contributed by atoms with E-state index in [1.54, 1.807) is 0 Å². The van der Waals surface area contributed by atoms with Crippen LogP contribution in [0.5, 0.6) is 0 Å². The molecule has 0 aromatic carbocycles. The minimum atomic E-state index is -0.113. The van der Waals surface area contributed by atoms with Gasteiger partial charge >= 0.3 is 0 Å². The highest BCUT2D eigenvalue weighted by molar-refractivity contribution is 5.93. The molecule has 22 heavy (non-hydrogen) atoms. The smallest absolute Gasteiger partial charge is 0.170 e. The number of hydrogen-bond donors (Lipinski definition) is 0. The lowest BCUT2D eigenvalue weighted by Gasteiger charge is -2.51. The highest BCUT2D eigenvalue weighted by Crippen LogP contribution is 2.81. The van der Waals surface area contributed by atoms with E-state index in [0.29, 0.717) is 22.5 Å². The number of ketones is 1. The predicted octanol–water partition coefficient (Wildman–Crippen LogP) is 4.22. The normalized spacial score (nSPS) is 64.0. The zero-order chi connectivity index (χ0) is 15.7. The Labute approximate surface area is 134 Å². The van der Waals surface area contributed by atoms with E-state index < -0.39 is 0 Å². The fourth-order valence-corrected chi connectivity index (χ4v) is 8.57. The maximum Gasteiger partial charge on any atom is 0.170 e. The molecule has 0 aromatic heterocycles. The second-order valence-corrected chi connectivity index (χ2v) is 10.5. The van der Waals surface area contributed by atoms with Gasteiger partial charge in [0.05, 0.1) is 6.10 Å². The van der Waals surface area contributed by atoms with Crippen LogP contribution < -0.4 is 0 Å². The summed E-state index contributed by atoms with van der Waals surface area (Å²) in [6.07, 6.45) is 6.56. The molecule has 5 aliphatic rings. The molecule has 0 N–H and O–H groups in total. The van der Waals surface area contributed by atoms with Gasteiger partial charge in [0, 0.05) is 5.41 Å². The van der Waals surface area contributed by atoms with Crippen LogP contribution in [0.1, 0.15) is 66.7 Å². The lowest BCUT2D eigenvalue weighted by molar-refractivity contribution is -0.142. The van der Waals surface area contributed by atoms with Gasteiger partial charge in [-0.25, -0.2) is 0 Å². The fourth-order valence-electron chi connectivity index (χ4n) is 8.57. The van der Waals surface area contributed by atoms with E-state index in [1.165, 1.54) is 25.7 Å². The monoisotopic (exact) mass is 302 g/mol. The molecule has 0 amide bonds. The second-order valence-electron chi connectivity index (χ2n) is 10.5. The van der Waals surface area contributed by atoms with E-state index in [2.05, 4.69) is 34.6 Å². The van der Waals surface area contributed by atoms with Gasteiger partial charge in [-0.2, -0.15) is 0 Å². The molecule has 0 unspecified atom stereocenters. The van der Waals surface area contributed by atoms with Crippen LogP contribution in [0.3, 0.4) is 0 Å². The SMILES string of the molecule is C[C@@H]1[C@H]2O[C@H]2C(=O)[C@@]2(C)CC[C@@H]3[C@H]4C(C)(C)CC[C@@]4(C)C[C@@]132. The Morgan fingerprint density at radius 3 is 2.55 bits per heavy atom. The number of carbonyl (C=O) groups is 1. The van der Waals surface area contributed by atoms with E-state index in [4.69, 9.17) is 4.74 Å². The number of epoxide rings is 1. The summed E-state index contributed by atoms with van der Waals surface area (Å²) >= 11 is 0. The summed E-state index contributed by atoms with van der Waals surface area (Å²) in [4.78, 5) is 13.1. The Morgan fingerprint density at radius 2 is 1.82 bits per heavy atom. The average Bonchev–Trinajstić information content (AvgIpc) is 3.05. The van der Waals surface area contributed by atoms with Crippen molar-refractivity contribution in [1.82, 2.24) is 0 Å². The molecule has 4 aliphatic carbocycles. The van der Waals surface area contributed by atoms with Gasteiger partial charge in [-0.15, -0.1) is 0 Å². The van der Waals surface area contributed by atoms with Crippen molar-refractivity contribution >= 4 is 5.78 Å². The quantitative estimate of drug-likeness (QED) is 0.627. The minimum absolute atomic E-state index is 0.0503. The van der Waals surface area contributed by atoms with E-state index in [0.717, 1.165) is 18.3 Å². The first-order valence-corrected chi connectivity index (χ1v) is 9.37. The topological polar surface area (TPSA) is 29.6 Å². The molecule has 1 saturated heterocycles. The van der Waals surface area contributed by atoms with Crippen molar-refractivity contribution in [2.45, 2.75) is 78.9 Å². The van der Waals surface area contributed by atoms with Gasteiger partial charge in [0.15, 0.2) is 5.78 Å². The summed E-state index contributed by atoms with van der Waals surface area (Å²) in [5.41, 5.74) is 1.00. The van der Waals surface area contributed by atoms with Crippen molar-refractivity contribution in [2.24, 2.45) is 39.4 Å². The standard InChI is InChI=1S/C20H30O2/c1-11-13-14(22-13)16(21)19(5)7-6-12-15-17(2,3)8-9-18(15,4)10-20(11,12)19/h11-15H,6-10H2,1-5H3/t11-,12-,13-,14-,15+,18+,19-,20-/m1/s1. The van der Waals surface area contributed by atoms with Crippen LogP contribution in [0, 0.1) is 39.4 Å². The summed E-state index contributed by atoms with van der Waals surface area (Å²) in [6.45, 7) is 12.2. The molecule has 0 bridgehead atoms. The fraction of sp³-hybridized carbons (Fsp3) is 0.950. The van der Waals surface area contributed by atoms with E-state index >= 15 is 0 Å². The summed E-state index contributed by atoms with van der Waals surface area (Å²) in [5, 5.41) is 0. The predicted molar refractivity (Wildman–Crippen MR) is 85.3 cm³/mol. The number of fused-ring (bicyclic) bond motifs is 3. The zero-order valence-electron chi connectivity index (χ0n) is 14.7. The number of carbonyl (C=O) groups excluding carboxylic acids is 1. The summed E-state index contributed by atoms with van der Waals surface area (Å²) in [6, 6.07) is 0. The first kappa shape index (κ1) is 14.0. The molecule has 0 aromatic rings. The first-order valence-electron chi connectivity index (χ1n) is 9.37. The Morgan fingerprint density at radius 1 is 1.09 bits per heavy atom. The number of rotatable bonds is 0. The van der Waals surface area contributed by atoms with Crippen molar-refractivity contribution in [1.29, 1.82) is 0 Å². The van der Waals surface area contributed by atoms with Crippen LogP contribution in [0.2, 0.25) is 0 Å². The molecule has 122 valence electrons. The van der Waals surface area contributed by atoms with Gasteiger partial charge in [-0.05, 0) is 66.1 Å². The average molecular weight is 302 g/mol. The molecule has 5 rings (SSSR count). The summed E-state index contributed by atoms with van der Waals surface area (Å²) in [5.74, 6) is 2.56.